The van der Waals surface area contributed by atoms with E-state index in [0.717, 1.165) is 0 Å². The molecular formula is C12H22N2O3. The molecule has 0 saturated carbocycles. The van der Waals surface area contributed by atoms with Crippen molar-refractivity contribution < 1.29 is 14.3 Å². The number of hydrogen-bond acceptors (Lipinski definition) is 3. The lowest BCUT2D eigenvalue weighted by molar-refractivity contribution is -0.138. The Bertz CT molecular complexity index is 293. The summed E-state index contributed by atoms with van der Waals surface area (Å²) < 4.78 is 5.09. The Hall–Kier alpha value is -1.10. The number of amides is 2. The van der Waals surface area contributed by atoms with Gasteiger partial charge in [0.25, 0.3) is 0 Å². The van der Waals surface area contributed by atoms with E-state index in [1.165, 1.54) is 0 Å². The van der Waals surface area contributed by atoms with Crippen molar-refractivity contribution in [1.82, 2.24) is 10.2 Å². The molecule has 1 aliphatic heterocycles. The Labute approximate surface area is 102 Å². The highest BCUT2D eigenvalue weighted by molar-refractivity contribution is 5.90. The minimum absolute atomic E-state index is 0.00426. The molecule has 17 heavy (non-hydrogen) atoms. The van der Waals surface area contributed by atoms with Crippen molar-refractivity contribution in [3.05, 3.63) is 0 Å². The Morgan fingerprint density at radius 2 is 2.18 bits per heavy atom. The molecule has 5 nitrogen and oxygen atoms in total. The van der Waals surface area contributed by atoms with Gasteiger partial charge in [-0.15, -0.1) is 0 Å². The van der Waals surface area contributed by atoms with Crippen LogP contribution in [-0.4, -0.2) is 48.6 Å². The van der Waals surface area contributed by atoms with Crippen molar-refractivity contribution in [1.29, 1.82) is 0 Å². The predicted molar refractivity (Wildman–Crippen MR) is 64.5 cm³/mol. The van der Waals surface area contributed by atoms with Crippen molar-refractivity contribution in [2.45, 2.75) is 51.7 Å². The van der Waals surface area contributed by atoms with Crippen LogP contribution in [0, 0.1) is 0 Å². The van der Waals surface area contributed by atoms with Crippen molar-refractivity contribution in [2.24, 2.45) is 0 Å². The average molecular weight is 242 g/mol. The Morgan fingerprint density at radius 1 is 1.53 bits per heavy atom. The van der Waals surface area contributed by atoms with E-state index < -0.39 is 6.04 Å². The summed E-state index contributed by atoms with van der Waals surface area (Å²) in [7, 11) is 1.62. The number of carbonyl (C=O) groups excluding carboxylic acids is 2. The van der Waals surface area contributed by atoms with Crippen molar-refractivity contribution >= 4 is 11.8 Å². The van der Waals surface area contributed by atoms with E-state index >= 15 is 0 Å². The highest BCUT2D eigenvalue weighted by Gasteiger charge is 2.35. The number of nitrogens with zero attached hydrogens (tertiary/aromatic N) is 1. The fourth-order valence-corrected chi connectivity index (χ4v) is 2.33. The molecule has 0 aromatic rings. The molecule has 0 radical (unpaired) electrons. The number of nitrogens with one attached hydrogen (secondary N) is 1. The summed E-state index contributed by atoms with van der Waals surface area (Å²) in [6.45, 7) is 6.24. The predicted octanol–water partition coefficient (Wildman–Crippen LogP) is 0.537. The molecule has 0 aliphatic carbocycles. The van der Waals surface area contributed by atoms with Crippen LogP contribution < -0.4 is 5.32 Å². The fourth-order valence-electron chi connectivity index (χ4n) is 2.33. The summed E-state index contributed by atoms with van der Waals surface area (Å²) in [5, 5.41) is 2.76. The normalized spacial score (nSPS) is 27.6. The molecule has 1 fully saturated rings. The zero-order valence-electron chi connectivity index (χ0n) is 11.0. The van der Waals surface area contributed by atoms with Crippen molar-refractivity contribution in [3.63, 3.8) is 0 Å². The summed E-state index contributed by atoms with van der Waals surface area (Å²) in [6.07, 6.45) is 0.976. The number of ether oxygens (including phenoxy) is 1. The zero-order chi connectivity index (χ0) is 13.0. The number of carbonyl (C=O) groups is 2. The highest BCUT2D eigenvalue weighted by atomic mass is 16.5. The summed E-state index contributed by atoms with van der Waals surface area (Å²) in [5.74, 6) is -0.0554. The third-order valence-corrected chi connectivity index (χ3v) is 3.13. The average Bonchev–Trinajstić information content (AvgIpc) is 2.35. The van der Waals surface area contributed by atoms with E-state index in [2.05, 4.69) is 5.32 Å². The minimum atomic E-state index is -0.397. The summed E-state index contributed by atoms with van der Waals surface area (Å²) in [5.41, 5.74) is 0. The number of methoxy groups -OCH3 is 1. The van der Waals surface area contributed by atoms with Crippen LogP contribution in [0.2, 0.25) is 0 Å². The van der Waals surface area contributed by atoms with Crippen LogP contribution in [-0.2, 0) is 14.3 Å². The summed E-state index contributed by atoms with van der Waals surface area (Å²) in [6, 6.07) is -0.486. The van der Waals surface area contributed by atoms with Crippen LogP contribution in [0.25, 0.3) is 0 Å². The molecule has 1 saturated heterocycles. The number of hydrogen-bond donors (Lipinski definition) is 1. The van der Waals surface area contributed by atoms with Gasteiger partial charge in [0.1, 0.15) is 6.04 Å². The second-order valence-electron chi connectivity index (χ2n) is 4.63. The third kappa shape index (κ3) is 3.19. The molecule has 0 aromatic carbocycles. The molecule has 1 aliphatic rings. The highest BCUT2D eigenvalue weighted by Crippen LogP contribution is 2.16. The van der Waals surface area contributed by atoms with Gasteiger partial charge >= 0.3 is 0 Å². The Morgan fingerprint density at radius 3 is 2.71 bits per heavy atom. The summed E-state index contributed by atoms with van der Waals surface area (Å²) >= 11 is 0. The molecule has 5 heteroatoms. The van der Waals surface area contributed by atoms with E-state index in [1.54, 1.807) is 12.0 Å². The quantitative estimate of drug-likeness (QED) is 0.782. The Kier molecular flexibility index (Phi) is 4.93. The first-order chi connectivity index (χ1) is 8.01. The third-order valence-electron chi connectivity index (χ3n) is 3.13. The molecule has 1 N–H and O–H groups in total. The lowest BCUT2D eigenvalue weighted by Crippen LogP contribution is -2.51. The van der Waals surface area contributed by atoms with Gasteiger partial charge in [-0.3, -0.25) is 9.59 Å². The van der Waals surface area contributed by atoms with E-state index in [1.807, 2.05) is 20.8 Å². The molecule has 1 heterocycles. The van der Waals surface area contributed by atoms with E-state index in [0.29, 0.717) is 19.4 Å². The maximum absolute atomic E-state index is 12.3. The minimum Gasteiger partial charge on any atom is -0.383 e. The van der Waals surface area contributed by atoms with Gasteiger partial charge in [0.15, 0.2) is 0 Å². The van der Waals surface area contributed by atoms with Crippen LogP contribution in [0.1, 0.15) is 33.6 Å². The molecule has 1 rings (SSSR count). The van der Waals surface area contributed by atoms with Gasteiger partial charge in [-0.25, -0.2) is 0 Å². The largest absolute Gasteiger partial charge is 0.383 e. The maximum Gasteiger partial charge on any atom is 0.245 e. The van der Waals surface area contributed by atoms with Crippen molar-refractivity contribution in [2.75, 3.05) is 13.7 Å². The molecule has 3 unspecified atom stereocenters. The van der Waals surface area contributed by atoms with Crippen molar-refractivity contribution in [3.8, 4) is 0 Å². The first-order valence-corrected chi connectivity index (χ1v) is 6.11. The second kappa shape index (κ2) is 6.00. The van der Waals surface area contributed by atoms with Gasteiger partial charge in [0.05, 0.1) is 12.6 Å². The smallest absolute Gasteiger partial charge is 0.245 e. The van der Waals surface area contributed by atoms with Gasteiger partial charge in [-0.05, 0) is 20.3 Å². The first kappa shape index (κ1) is 14.0. The lowest BCUT2D eigenvalue weighted by Gasteiger charge is -2.33. The SMILES string of the molecule is CCC1NC(=O)CC(C)N(C(C)COC)C1=O. The molecule has 0 bridgehead atoms. The first-order valence-electron chi connectivity index (χ1n) is 6.11. The molecule has 2 amide bonds. The number of rotatable bonds is 4. The lowest BCUT2D eigenvalue weighted by atomic mass is 10.1. The van der Waals surface area contributed by atoms with E-state index in [9.17, 15) is 9.59 Å². The zero-order valence-corrected chi connectivity index (χ0v) is 11.0. The summed E-state index contributed by atoms with van der Waals surface area (Å²) in [4.78, 5) is 25.7. The van der Waals surface area contributed by atoms with Gasteiger partial charge in [0, 0.05) is 19.6 Å². The van der Waals surface area contributed by atoms with Gasteiger partial charge < -0.3 is 15.0 Å². The standard InChI is InChI=1S/C12H22N2O3/c1-5-10-12(16)14(9(3)7-17-4)8(2)6-11(15)13-10/h8-10H,5-7H2,1-4H3,(H,13,15). The van der Waals surface area contributed by atoms with Crippen LogP contribution in [0.3, 0.4) is 0 Å². The van der Waals surface area contributed by atoms with E-state index in [-0.39, 0.29) is 23.9 Å². The Balaban J connectivity index is 2.90. The molecular weight excluding hydrogens is 220 g/mol. The van der Waals surface area contributed by atoms with Gasteiger partial charge in [-0.1, -0.05) is 6.92 Å². The van der Waals surface area contributed by atoms with Crippen LogP contribution in [0.4, 0.5) is 0 Å². The fraction of sp³-hybridized carbons (Fsp3) is 0.833. The van der Waals surface area contributed by atoms with E-state index in [4.69, 9.17) is 4.74 Å². The molecule has 0 aromatic heterocycles. The van der Waals surface area contributed by atoms with Crippen LogP contribution >= 0.6 is 0 Å². The monoisotopic (exact) mass is 242 g/mol. The second-order valence-corrected chi connectivity index (χ2v) is 4.63. The molecule has 98 valence electrons. The van der Waals surface area contributed by atoms with Crippen LogP contribution in [0.5, 0.6) is 0 Å². The topological polar surface area (TPSA) is 58.6 Å². The van der Waals surface area contributed by atoms with Gasteiger partial charge in [-0.2, -0.15) is 0 Å². The molecule has 0 spiro atoms. The molecule has 3 atom stereocenters. The van der Waals surface area contributed by atoms with Crippen LogP contribution in [0.15, 0.2) is 0 Å². The maximum atomic E-state index is 12.3. The van der Waals surface area contributed by atoms with Gasteiger partial charge in [0.2, 0.25) is 11.8 Å².